The summed E-state index contributed by atoms with van der Waals surface area (Å²) in [5.41, 5.74) is 17.0. The van der Waals surface area contributed by atoms with Crippen molar-refractivity contribution >= 4 is 119 Å². The molecule has 0 fully saturated rings. The number of hydrogen-bond acceptors (Lipinski definition) is 6. The molecule has 0 saturated carbocycles. The average Bonchev–Trinajstić information content (AvgIpc) is 4.11. The zero-order chi connectivity index (χ0) is 37.6. The molecule has 8 heteroatoms. The van der Waals surface area contributed by atoms with Crippen LogP contribution in [-0.4, -0.2) is 18.8 Å². The van der Waals surface area contributed by atoms with Gasteiger partial charge in [0, 0.05) is 21.5 Å². The largest absolute Gasteiger partial charge is 0.456 e. The molecule has 0 atom stereocenters. The van der Waals surface area contributed by atoms with Gasteiger partial charge in [0.1, 0.15) is 22.3 Å². The lowest BCUT2D eigenvalue weighted by molar-refractivity contribution is 0.668. The van der Waals surface area contributed by atoms with Crippen molar-refractivity contribution in [3.63, 3.8) is 0 Å². The zero-order valence-corrected chi connectivity index (χ0v) is 32.1. The minimum absolute atomic E-state index is 0.904. The predicted octanol–water partition coefficient (Wildman–Crippen LogP) is 14.5. The number of para-hydroxylation sites is 2. The van der Waals surface area contributed by atoms with Gasteiger partial charge >= 0.3 is 0 Å². The highest BCUT2D eigenvalue weighted by Gasteiger charge is 2.18. The van der Waals surface area contributed by atoms with E-state index in [0.717, 1.165) is 120 Å². The van der Waals surface area contributed by atoms with Gasteiger partial charge in [-0.05, 0) is 118 Å². The molecule has 0 aliphatic carbocycles. The number of rotatable bonds is 3. The van der Waals surface area contributed by atoms with E-state index in [4.69, 9.17) is 18.8 Å². The minimum atomic E-state index is 0.904. The Balaban J connectivity index is 0.891. The number of aromatic nitrogens is 4. The maximum atomic E-state index is 6.12. The number of thiazole rings is 2. The van der Waals surface area contributed by atoms with E-state index in [2.05, 4.69) is 142 Å². The van der Waals surface area contributed by atoms with Crippen LogP contribution in [0.4, 0.5) is 0 Å². The van der Waals surface area contributed by atoms with Crippen LogP contribution in [0.3, 0.4) is 0 Å². The van der Waals surface area contributed by atoms with Gasteiger partial charge < -0.3 is 8.83 Å². The van der Waals surface area contributed by atoms with Gasteiger partial charge in [-0.3, -0.25) is 8.80 Å². The summed E-state index contributed by atoms with van der Waals surface area (Å²) in [6.07, 6.45) is 0. The lowest BCUT2D eigenvalue weighted by atomic mass is 10.0. The SMILES string of the molecule is c1ccc2c(c1)oc1ccc(-c3ccc4sc5nc6ccc(-c7ccc8nc9sc%10ccc(-c%11ccc%12oc%13ccccc%13c%12c%11)cc%10n9c8c7)cc6n5c4c3)cc12. The van der Waals surface area contributed by atoms with Crippen molar-refractivity contribution in [1.82, 2.24) is 18.8 Å². The second kappa shape index (κ2) is 11.2. The fourth-order valence-corrected chi connectivity index (χ4v) is 11.0. The molecular formula is C50H26N4O2S2. The molecule has 58 heavy (non-hydrogen) atoms. The standard InChI is InChI=1S/C50H26N4O2S2/c1-3-7-43-33(5-1)35-21-27(11-17-45(35)55-43)31-13-19-47-41(25-31)53-39-23-29(9-15-37(39)51-49(53)57-47)30-10-16-38-40(24-30)54-42-26-32(14-20-48(42)58-50(54)52-38)28-12-18-46-36(22-28)34-6-2-4-8-44(34)56-46/h1-26H. The number of hydrogen-bond donors (Lipinski definition) is 0. The quantitative estimate of drug-likeness (QED) is 0.179. The molecule has 0 aliphatic heterocycles. The van der Waals surface area contributed by atoms with Crippen LogP contribution in [0.25, 0.3) is 130 Å². The second-order valence-corrected chi connectivity index (χ2v) is 17.1. The van der Waals surface area contributed by atoms with Crippen LogP contribution in [-0.2, 0) is 0 Å². The molecule has 270 valence electrons. The topological polar surface area (TPSA) is 60.9 Å². The maximum absolute atomic E-state index is 6.12. The van der Waals surface area contributed by atoms with E-state index in [9.17, 15) is 0 Å². The van der Waals surface area contributed by atoms with Gasteiger partial charge in [-0.2, -0.15) is 0 Å². The van der Waals surface area contributed by atoms with E-state index in [0.29, 0.717) is 0 Å². The van der Waals surface area contributed by atoms with E-state index < -0.39 is 0 Å². The third-order valence-electron chi connectivity index (χ3n) is 11.8. The van der Waals surface area contributed by atoms with Gasteiger partial charge in [-0.25, -0.2) is 9.97 Å². The number of furan rings is 2. The van der Waals surface area contributed by atoms with Crippen molar-refractivity contribution in [3.8, 4) is 33.4 Å². The molecule has 0 spiro atoms. The van der Waals surface area contributed by atoms with Crippen LogP contribution in [0.15, 0.2) is 167 Å². The highest BCUT2D eigenvalue weighted by Crippen LogP contribution is 2.40. The summed E-state index contributed by atoms with van der Waals surface area (Å²) in [6, 6.07) is 56.2. The smallest absolute Gasteiger partial charge is 0.195 e. The first kappa shape index (κ1) is 30.9. The summed E-state index contributed by atoms with van der Waals surface area (Å²) in [4.78, 5) is 12.1. The van der Waals surface area contributed by atoms with Crippen molar-refractivity contribution in [2.45, 2.75) is 0 Å². The predicted molar refractivity (Wildman–Crippen MR) is 241 cm³/mol. The van der Waals surface area contributed by atoms with E-state index in [1.54, 1.807) is 22.7 Å². The molecular weight excluding hydrogens is 753 g/mol. The van der Waals surface area contributed by atoms with Crippen molar-refractivity contribution in [3.05, 3.63) is 158 Å². The second-order valence-electron chi connectivity index (χ2n) is 15.1. The van der Waals surface area contributed by atoms with Crippen LogP contribution in [0.1, 0.15) is 0 Å². The van der Waals surface area contributed by atoms with Crippen molar-refractivity contribution in [2.24, 2.45) is 0 Å². The first-order chi connectivity index (χ1) is 28.7. The molecule has 0 saturated heterocycles. The first-order valence-electron chi connectivity index (χ1n) is 19.2. The highest BCUT2D eigenvalue weighted by atomic mass is 32.1. The molecule has 0 unspecified atom stereocenters. The lowest BCUT2D eigenvalue weighted by Crippen LogP contribution is -1.86. The van der Waals surface area contributed by atoms with E-state index in [-0.39, 0.29) is 0 Å². The van der Waals surface area contributed by atoms with Crippen LogP contribution in [0.5, 0.6) is 0 Å². The summed E-state index contributed by atoms with van der Waals surface area (Å²) in [6.45, 7) is 0. The molecule has 8 aromatic carbocycles. The Morgan fingerprint density at radius 3 is 1.21 bits per heavy atom. The maximum Gasteiger partial charge on any atom is 0.195 e. The Kier molecular flexibility index (Phi) is 5.96. The molecule has 0 radical (unpaired) electrons. The van der Waals surface area contributed by atoms with Crippen molar-refractivity contribution in [1.29, 1.82) is 0 Å². The Labute approximate surface area is 336 Å². The monoisotopic (exact) mass is 778 g/mol. The zero-order valence-electron chi connectivity index (χ0n) is 30.4. The fourth-order valence-electron chi connectivity index (χ4n) is 8.99. The normalized spacial score (nSPS) is 12.5. The Morgan fingerprint density at radius 2 is 0.724 bits per heavy atom. The Bertz CT molecular complexity index is 3800. The summed E-state index contributed by atoms with van der Waals surface area (Å²) in [7, 11) is 0. The van der Waals surface area contributed by atoms with Gasteiger partial charge in [-0.1, -0.05) is 95.5 Å². The van der Waals surface area contributed by atoms with Gasteiger partial charge in [0.2, 0.25) is 0 Å². The minimum Gasteiger partial charge on any atom is -0.456 e. The lowest BCUT2D eigenvalue weighted by Gasteiger charge is -2.06. The summed E-state index contributed by atoms with van der Waals surface area (Å²) >= 11 is 3.46. The van der Waals surface area contributed by atoms with Crippen molar-refractivity contribution in [2.75, 3.05) is 0 Å². The van der Waals surface area contributed by atoms with Gasteiger partial charge in [0.05, 0.1) is 42.5 Å². The number of fused-ring (bicyclic) bond motifs is 16. The van der Waals surface area contributed by atoms with Crippen molar-refractivity contribution < 1.29 is 8.83 Å². The van der Waals surface area contributed by atoms with Gasteiger partial charge in [-0.15, -0.1) is 0 Å². The third-order valence-corrected chi connectivity index (χ3v) is 13.8. The van der Waals surface area contributed by atoms with Crippen LogP contribution in [0, 0.1) is 0 Å². The number of nitrogens with zero attached hydrogens (tertiary/aromatic N) is 4. The molecule has 0 aliphatic rings. The summed E-state index contributed by atoms with van der Waals surface area (Å²) in [5, 5.41) is 4.53. The summed E-state index contributed by atoms with van der Waals surface area (Å²) < 4.78 is 19.3. The number of imidazole rings is 2. The molecule has 6 nitrogen and oxygen atoms in total. The third kappa shape index (κ3) is 4.30. The van der Waals surface area contributed by atoms with Gasteiger partial charge in [0.25, 0.3) is 0 Å². The number of benzene rings is 8. The molecule has 0 N–H and O–H groups in total. The molecule has 6 heterocycles. The Morgan fingerprint density at radius 1 is 0.345 bits per heavy atom. The fraction of sp³-hybridized carbons (Fsp3) is 0. The molecule has 0 bridgehead atoms. The average molecular weight is 779 g/mol. The Hall–Kier alpha value is -7.26. The van der Waals surface area contributed by atoms with Crippen LogP contribution in [0.2, 0.25) is 0 Å². The molecule has 14 aromatic rings. The van der Waals surface area contributed by atoms with E-state index in [1.807, 2.05) is 24.3 Å². The molecule has 6 aromatic heterocycles. The first-order valence-corrected chi connectivity index (χ1v) is 20.8. The molecule has 14 rings (SSSR count). The highest BCUT2D eigenvalue weighted by molar-refractivity contribution is 7.24. The van der Waals surface area contributed by atoms with Crippen LogP contribution >= 0.6 is 22.7 Å². The van der Waals surface area contributed by atoms with E-state index >= 15 is 0 Å². The summed E-state index contributed by atoms with van der Waals surface area (Å²) in [5.74, 6) is 0. The van der Waals surface area contributed by atoms with E-state index in [1.165, 1.54) is 9.40 Å². The molecule has 0 amide bonds. The van der Waals surface area contributed by atoms with Gasteiger partial charge in [0.15, 0.2) is 9.92 Å². The van der Waals surface area contributed by atoms with Crippen LogP contribution < -0.4 is 0 Å².